The van der Waals surface area contributed by atoms with Crippen LogP contribution < -0.4 is 5.32 Å². The van der Waals surface area contributed by atoms with Gasteiger partial charge in [-0.1, -0.05) is 32.0 Å². The van der Waals surface area contributed by atoms with Crippen LogP contribution in [-0.2, 0) is 15.0 Å². The Balaban J connectivity index is 2.11. The lowest BCUT2D eigenvalue weighted by Crippen LogP contribution is -2.47. The van der Waals surface area contributed by atoms with Crippen LogP contribution in [0.3, 0.4) is 0 Å². The Kier molecular flexibility index (Phi) is 6.01. The Labute approximate surface area is 145 Å². The van der Waals surface area contributed by atoms with Crippen LogP contribution >= 0.6 is 0 Å². The van der Waals surface area contributed by atoms with Crippen molar-refractivity contribution in [2.45, 2.75) is 32.6 Å². The Hall–Kier alpha value is -1.44. The highest BCUT2D eigenvalue weighted by molar-refractivity contribution is 7.86. The van der Waals surface area contributed by atoms with E-state index in [0.717, 1.165) is 11.3 Å². The highest BCUT2D eigenvalue weighted by atomic mass is 32.2. The van der Waals surface area contributed by atoms with Crippen molar-refractivity contribution in [2.24, 2.45) is 5.92 Å². The highest BCUT2D eigenvalue weighted by Gasteiger charge is 2.33. The summed E-state index contributed by atoms with van der Waals surface area (Å²) in [5.41, 5.74) is 1.89. The molecule has 1 fully saturated rings. The Morgan fingerprint density at radius 2 is 1.96 bits per heavy atom. The molecule has 2 rings (SSSR count). The fourth-order valence-corrected chi connectivity index (χ4v) is 4.14. The largest absolute Gasteiger partial charge is 0.326 e. The van der Waals surface area contributed by atoms with E-state index >= 15 is 0 Å². The zero-order valence-electron chi connectivity index (χ0n) is 14.8. The predicted octanol–water partition coefficient (Wildman–Crippen LogP) is 2.27. The van der Waals surface area contributed by atoms with Crippen LogP contribution in [0, 0.1) is 5.92 Å². The first kappa shape index (κ1) is 18.9. The van der Waals surface area contributed by atoms with Crippen molar-refractivity contribution in [2.75, 3.05) is 32.5 Å². The normalized spacial score (nSPS) is 19.7. The minimum absolute atomic E-state index is 0.109. The molecular formula is C17H27N3O3S. The molecule has 6 nitrogen and oxygen atoms in total. The van der Waals surface area contributed by atoms with Crippen molar-refractivity contribution < 1.29 is 13.2 Å². The van der Waals surface area contributed by atoms with E-state index in [1.54, 1.807) is 0 Å². The number of anilines is 1. The quantitative estimate of drug-likeness (QED) is 0.883. The number of carbonyl (C=O) groups excluding carboxylic acids is 1. The SMILES string of the molecule is CC(C)c1ccccc1NC(=O)[C@@H]1CCCN(S(=O)(=O)N(C)C)C1. The molecule has 134 valence electrons. The smallest absolute Gasteiger partial charge is 0.281 e. The summed E-state index contributed by atoms with van der Waals surface area (Å²) in [6, 6.07) is 7.75. The van der Waals surface area contributed by atoms with Crippen LogP contribution in [0.25, 0.3) is 0 Å². The molecule has 1 aromatic carbocycles. The van der Waals surface area contributed by atoms with Crippen molar-refractivity contribution in [3.05, 3.63) is 29.8 Å². The van der Waals surface area contributed by atoms with Crippen LogP contribution in [0.1, 0.15) is 38.2 Å². The third-order valence-electron chi connectivity index (χ3n) is 4.38. The lowest BCUT2D eigenvalue weighted by Gasteiger charge is -2.33. The van der Waals surface area contributed by atoms with Gasteiger partial charge in [0.1, 0.15) is 0 Å². The average Bonchev–Trinajstić information content (AvgIpc) is 2.55. The summed E-state index contributed by atoms with van der Waals surface area (Å²) in [6.07, 6.45) is 1.39. The summed E-state index contributed by atoms with van der Waals surface area (Å²) in [5, 5.41) is 2.99. The third kappa shape index (κ3) is 4.15. The molecule has 1 heterocycles. The van der Waals surface area contributed by atoms with Gasteiger partial charge in [0, 0.05) is 32.9 Å². The van der Waals surface area contributed by atoms with Crippen LogP contribution in [-0.4, -0.2) is 50.1 Å². The minimum atomic E-state index is -3.47. The summed E-state index contributed by atoms with van der Waals surface area (Å²) in [7, 11) is -0.451. The summed E-state index contributed by atoms with van der Waals surface area (Å²) in [4.78, 5) is 12.6. The molecule has 0 saturated carbocycles. The van der Waals surface area contributed by atoms with E-state index in [2.05, 4.69) is 19.2 Å². The lowest BCUT2D eigenvalue weighted by atomic mass is 9.97. The summed E-state index contributed by atoms with van der Waals surface area (Å²) < 4.78 is 27.1. The molecule has 0 aliphatic carbocycles. The number of nitrogens with zero attached hydrogens (tertiary/aromatic N) is 2. The average molecular weight is 353 g/mol. The van der Waals surface area contributed by atoms with Gasteiger partial charge in [-0.05, 0) is 30.4 Å². The van der Waals surface area contributed by atoms with Gasteiger partial charge in [-0.25, -0.2) is 0 Å². The molecule has 0 aromatic heterocycles. The second-order valence-corrected chi connectivity index (χ2v) is 8.86. The van der Waals surface area contributed by atoms with Gasteiger partial charge in [-0.3, -0.25) is 4.79 Å². The second-order valence-electron chi connectivity index (χ2n) is 6.72. The first-order valence-corrected chi connectivity index (χ1v) is 9.70. The van der Waals surface area contributed by atoms with Gasteiger partial charge in [0.25, 0.3) is 10.2 Å². The summed E-state index contributed by atoms with van der Waals surface area (Å²) in [6.45, 7) is 4.86. The molecule has 1 amide bonds. The van der Waals surface area contributed by atoms with Gasteiger partial charge in [0.15, 0.2) is 0 Å². The molecule has 1 aliphatic heterocycles. The molecule has 0 bridgehead atoms. The zero-order chi connectivity index (χ0) is 17.9. The van der Waals surface area contributed by atoms with Crippen LogP contribution in [0.2, 0.25) is 0 Å². The number of benzene rings is 1. The Bertz CT molecular complexity index is 686. The molecule has 7 heteroatoms. The van der Waals surface area contributed by atoms with Gasteiger partial charge >= 0.3 is 0 Å². The van der Waals surface area contributed by atoms with E-state index in [9.17, 15) is 13.2 Å². The third-order valence-corrected chi connectivity index (χ3v) is 6.29. The van der Waals surface area contributed by atoms with Gasteiger partial charge in [0.2, 0.25) is 5.91 Å². The maximum atomic E-state index is 12.6. The van der Waals surface area contributed by atoms with Crippen LogP contribution in [0.5, 0.6) is 0 Å². The highest BCUT2D eigenvalue weighted by Crippen LogP contribution is 2.26. The number of nitrogens with one attached hydrogen (secondary N) is 1. The molecule has 0 unspecified atom stereocenters. The van der Waals surface area contributed by atoms with Crippen LogP contribution in [0.4, 0.5) is 5.69 Å². The van der Waals surface area contributed by atoms with E-state index < -0.39 is 10.2 Å². The number of hydrogen-bond acceptors (Lipinski definition) is 3. The molecule has 0 spiro atoms. The number of piperidine rings is 1. The number of amides is 1. The second kappa shape index (κ2) is 7.63. The fraction of sp³-hybridized carbons (Fsp3) is 0.588. The van der Waals surface area contributed by atoms with Crippen molar-refractivity contribution in [1.82, 2.24) is 8.61 Å². The summed E-state index contributed by atoms with van der Waals surface area (Å²) in [5.74, 6) is -0.131. The van der Waals surface area contributed by atoms with Crippen LogP contribution in [0.15, 0.2) is 24.3 Å². The molecule has 1 aromatic rings. The lowest BCUT2D eigenvalue weighted by molar-refractivity contribution is -0.120. The van der Waals surface area contributed by atoms with E-state index in [4.69, 9.17) is 0 Å². The first-order chi connectivity index (χ1) is 11.2. The first-order valence-electron chi connectivity index (χ1n) is 8.31. The van der Waals surface area contributed by atoms with Crippen molar-refractivity contribution in [1.29, 1.82) is 0 Å². The Morgan fingerprint density at radius 1 is 1.29 bits per heavy atom. The number of rotatable bonds is 5. The van der Waals surface area contributed by atoms with Crippen molar-refractivity contribution in [3.8, 4) is 0 Å². The van der Waals surface area contributed by atoms with E-state index in [-0.39, 0.29) is 18.4 Å². The number of para-hydroxylation sites is 1. The monoisotopic (exact) mass is 353 g/mol. The number of carbonyl (C=O) groups is 1. The molecule has 1 saturated heterocycles. The zero-order valence-corrected chi connectivity index (χ0v) is 15.6. The predicted molar refractivity (Wildman–Crippen MR) is 96.1 cm³/mol. The van der Waals surface area contributed by atoms with Crippen molar-refractivity contribution in [3.63, 3.8) is 0 Å². The maximum absolute atomic E-state index is 12.6. The maximum Gasteiger partial charge on any atom is 0.281 e. The number of hydrogen-bond donors (Lipinski definition) is 1. The Morgan fingerprint density at radius 3 is 2.58 bits per heavy atom. The van der Waals surface area contributed by atoms with Gasteiger partial charge in [0.05, 0.1) is 5.92 Å². The van der Waals surface area contributed by atoms with Gasteiger partial charge in [-0.2, -0.15) is 17.0 Å². The van der Waals surface area contributed by atoms with Crippen molar-refractivity contribution >= 4 is 21.8 Å². The van der Waals surface area contributed by atoms with E-state index in [1.807, 2.05) is 24.3 Å². The fourth-order valence-electron chi connectivity index (χ4n) is 2.95. The van der Waals surface area contributed by atoms with E-state index in [1.165, 1.54) is 22.7 Å². The standard InChI is InChI=1S/C17H27N3O3S/c1-13(2)15-9-5-6-10-16(15)18-17(21)14-8-7-11-20(12-14)24(22,23)19(3)4/h5-6,9-10,13-14H,7-8,11-12H2,1-4H3,(H,18,21)/t14-/m1/s1. The van der Waals surface area contributed by atoms with Gasteiger partial charge in [-0.15, -0.1) is 0 Å². The minimum Gasteiger partial charge on any atom is -0.326 e. The topological polar surface area (TPSA) is 69.7 Å². The molecular weight excluding hydrogens is 326 g/mol. The molecule has 1 N–H and O–H groups in total. The van der Waals surface area contributed by atoms with E-state index in [0.29, 0.717) is 25.3 Å². The molecule has 1 atom stereocenters. The van der Waals surface area contributed by atoms with Gasteiger partial charge < -0.3 is 5.32 Å². The molecule has 0 radical (unpaired) electrons. The molecule has 1 aliphatic rings. The summed E-state index contributed by atoms with van der Waals surface area (Å²) >= 11 is 0. The molecule has 24 heavy (non-hydrogen) atoms.